The van der Waals surface area contributed by atoms with Gasteiger partial charge in [0.1, 0.15) is 29.8 Å². The number of fused-ring (bicyclic) bond motifs is 1. The minimum atomic E-state index is -0.728. The van der Waals surface area contributed by atoms with Gasteiger partial charge in [0, 0.05) is 36.3 Å². The number of carbonyl (C=O) groups is 2. The molecule has 10 heteroatoms. The number of hydrogen-bond donors (Lipinski definition) is 1. The summed E-state index contributed by atoms with van der Waals surface area (Å²) in [5, 5.41) is 6.75. The zero-order chi connectivity index (χ0) is 26.8. The van der Waals surface area contributed by atoms with Crippen molar-refractivity contribution in [3.63, 3.8) is 0 Å². The molecule has 0 aliphatic carbocycles. The number of hydrogen-bond acceptors (Lipinski definition) is 4. The predicted octanol–water partition coefficient (Wildman–Crippen LogP) is 4.99. The molecular weight excluding hydrogens is 513 g/mol. The van der Waals surface area contributed by atoms with Crippen LogP contribution in [0.15, 0.2) is 72.8 Å². The van der Waals surface area contributed by atoms with E-state index in [0.717, 1.165) is 11.6 Å². The number of halogens is 3. The van der Waals surface area contributed by atoms with Gasteiger partial charge in [-0.15, -0.1) is 11.8 Å². The van der Waals surface area contributed by atoms with Crippen LogP contribution in [0, 0.1) is 17.5 Å². The summed E-state index contributed by atoms with van der Waals surface area (Å²) < 4.78 is 43.5. The molecular formula is C28H23F3N4O2S. The Balaban J connectivity index is 1.54. The van der Waals surface area contributed by atoms with E-state index in [9.17, 15) is 18.4 Å². The van der Waals surface area contributed by atoms with Gasteiger partial charge < -0.3 is 5.32 Å². The summed E-state index contributed by atoms with van der Waals surface area (Å²) in [6, 6.07) is 18.4. The zero-order valence-corrected chi connectivity index (χ0v) is 21.1. The van der Waals surface area contributed by atoms with Gasteiger partial charge >= 0.3 is 0 Å². The lowest BCUT2D eigenvalue weighted by Crippen LogP contribution is -2.42. The number of carbonyl (C=O) groups excluding carboxylic acids is 2. The third-order valence-corrected chi connectivity index (χ3v) is 7.48. The van der Waals surface area contributed by atoms with Crippen molar-refractivity contribution in [2.75, 3.05) is 17.2 Å². The Hall–Kier alpha value is -4.05. The summed E-state index contributed by atoms with van der Waals surface area (Å²) in [6.07, 6.45) is 0. The number of aryl methyl sites for hydroxylation is 1. The average Bonchev–Trinajstić information content (AvgIpc) is 3.17. The lowest BCUT2D eigenvalue weighted by molar-refractivity contribution is -0.123. The van der Waals surface area contributed by atoms with Gasteiger partial charge in [-0.3, -0.25) is 19.2 Å². The third kappa shape index (κ3) is 5.17. The predicted molar refractivity (Wildman–Crippen MR) is 140 cm³/mol. The van der Waals surface area contributed by atoms with Crippen LogP contribution >= 0.6 is 11.8 Å². The molecule has 1 aliphatic heterocycles. The first-order valence-corrected chi connectivity index (χ1v) is 12.9. The Labute approximate surface area is 221 Å². The van der Waals surface area contributed by atoms with Crippen LogP contribution in [0.2, 0.25) is 0 Å². The number of aromatic nitrogens is 2. The smallest absolute Gasteiger partial charge is 0.240 e. The summed E-state index contributed by atoms with van der Waals surface area (Å²) >= 11 is 1.20. The van der Waals surface area contributed by atoms with E-state index >= 15 is 4.39 Å². The molecule has 0 spiro atoms. The number of anilines is 1. The van der Waals surface area contributed by atoms with Crippen LogP contribution in [0.3, 0.4) is 0 Å². The van der Waals surface area contributed by atoms with E-state index < -0.39 is 22.8 Å². The molecule has 0 fully saturated rings. The summed E-state index contributed by atoms with van der Waals surface area (Å²) in [5.41, 5.74) is 2.78. The highest BCUT2D eigenvalue weighted by Crippen LogP contribution is 2.48. The lowest BCUT2D eigenvalue weighted by atomic mass is 9.99. The minimum absolute atomic E-state index is 0.0321. The molecule has 38 heavy (non-hydrogen) atoms. The van der Waals surface area contributed by atoms with Gasteiger partial charge in [-0.1, -0.05) is 48.5 Å². The molecule has 0 saturated carbocycles. The number of thioether (sulfide) groups is 1. The molecule has 1 aliphatic rings. The molecule has 0 bridgehead atoms. The van der Waals surface area contributed by atoms with Gasteiger partial charge in [-0.2, -0.15) is 5.10 Å². The van der Waals surface area contributed by atoms with Crippen molar-refractivity contribution in [1.29, 1.82) is 0 Å². The van der Waals surface area contributed by atoms with Crippen LogP contribution in [-0.2, 0) is 23.2 Å². The fourth-order valence-corrected chi connectivity index (χ4v) is 5.68. The Bertz CT molecular complexity index is 1490. The summed E-state index contributed by atoms with van der Waals surface area (Å²) in [7, 11) is 1.66. The molecule has 1 N–H and O–H groups in total. The van der Waals surface area contributed by atoms with E-state index in [1.54, 1.807) is 19.2 Å². The fraction of sp³-hybridized carbons (Fsp3) is 0.179. The first-order valence-electron chi connectivity index (χ1n) is 11.8. The Morgan fingerprint density at radius 2 is 1.74 bits per heavy atom. The number of rotatable bonds is 6. The topological polar surface area (TPSA) is 67.2 Å². The SMILES string of the molecule is Cn1nc(-c2ccccc2)c2c1N(CC(=O)NCc1ccc(F)cc1)C(=O)CS[C@H]2c1ccc(F)cc1F. The van der Waals surface area contributed by atoms with Gasteiger partial charge in [0.05, 0.1) is 16.7 Å². The molecule has 4 aromatic rings. The second kappa shape index (κ2) is 10.7. The van der Waals surface area contributed by atoms with Gasteiger partial charge in [0.15, 0.2) is 0 Å². The molecule has 1 atom stereocenters. The molecule has 194 valence electrons. The maximum atomic E-state index is 15.0. The molecule has 0 saturated heterocycles. The first kappa shape index (κ1) is 25.6. The quantitative estimate of drug-likeness (QED) is 0.377. The molecule has 0 radical (unpaired) electrons. The maximum absolute atomic E-state index is 15.0. The van der Waals surface area contributed by atoms with Gasteiger partial charge in [-0.25, -0.2) is 13.2 Å². The normalized spacial score (nSPS) is 15.2. The number of amides is 2. The largest absolute Gasteiger partial charge is 0.350 e. The molecule has 0 unspecified atom stereocenters. The van der Waals surface area contributed by atoms with Crippen molar-refractivity contribution < 1.29 is 22.8 Å². The zero-order valence-electron chi connectivity index (χ0n) is 20.3. The summed E-state index contributed by atoms with van der Waals surface area (Å²) in [4.78, 5) is 27.6. The molecule has 1 aromatic heterocycles. The van der Waals surface area contributed by atoms with Crippen molar-refractivity contribution in [2.45, 2.75) is 11.8 Å². The highest BCUT2D eigenvalue weighted by Gasteiger charge is 2.37. The van der Waals surface area contributed by atoms with Crippen LogP contribution in [0.4, 0.5) is 19.0 Å². The van der Waals surface area contributed by atoms with Crippen molar-refractivity contribution in [3.05, 3.63) is 107 Å². The first-order chi connectivity index (χ1) is 18.3. The van der Waals surface area contributed by atoms with Gasteiger partial charge in [0.25, 0.3) is 0 Å². The van der Waals surface area contributed by atoms with Crippen LogP contribution < -0.4 is 10.2 Å². The van der Waals surface area contributed by atoms with Crippen LogP contribution in [-0.4, -0.2) is 33.9 Å². The summed E-state index contributed by atoms with van der Waals surface area (Å²) in [6.45, 7) is -0.132. The highest BCUT2D eigenvalue weighted by molar-refractivity contribution is 8.00. The van der Waals surface area contributed by atoms with Crippen LogP contribution in [0.5, 0.6) is 0 Å². The third-order valence-electron chi connectivity index (χ3n) is 6.24. The Morgan fingerprint density at radius 3 is 2.45 bits per heavy atom. The maximum Gasteiger partial charge on any atom is 0.240 e. The van der Waals surface area contributed by atoms with Crippen molar-refractivity contribution in [3.8, 4) is 11.3 Å². The van der Waals surface area contributed by atoms with Crippen molar-refractivity contribution >= 4 is 29.4 Å². The Kier molecular flexibility index (Phi) is 7.24. The van der Waals surface area contributed by atoms with E-state index in [1.807, 2.05) is 30.3 Å². The second-order valence-electron chi connectivity index (χ2n) is 8.82. The number of nitrogens with zero attached hydrogens (tertiary/aromatic N) is 3. The van der Waals surface area contributed by atoms with E-state index in [1.165, 1.54) is 45.6 Å². The second-order valence-corrected chi connectivity index (χ2v) is 9.91. The van der Waals surface area contributed by atoms with Gasteiger partial charge in [-0.05, 0) is 23.8 Å². The summed E-state index contributed by atoms with van der Waals surface area (Å²) in [5.74, 6) is -2.24. The Morgan fingerprint density at radius 1 is 1.03 bits per heavy atom. The molecule has 3 aromatic carbocycles. The van der Waals surface area contributed by atoms with Crippen LogP contribution in [0.1, 0.15) is 21.9 Å². The van der Waals surface area contributed by atoms with E-state index in [2.05, 4.69) is 10.4 Å². The van der Waals surface area contributed by atoms with Crippen molar-refractivity contribution in [2.24, 2.45) is 7.05 Å². The van der Waals surface area contributed by atoms with E-state index in [4.69, 9.17) is 0 Å². The van der Waals surface area contributed by atoms with E-state index in [0.29, 0.717) is 22.6 Å². The molecule has 5 rings (SSSR count). The van der Waals surface area contributed by atoms with Crippen LogP contribution in [0.25, 0.3) is 11.3 Å². The monoisotopic (exact) mass is 536 g/mol. The lowest BCUT2D eigenvalue weighted by Gasteiger charge is -2.22. The molecule has 2 heterocycles. The van der Waals surface area contributed by atoms with Crippen molar-refractivity contribution in [1.82, 2.24) is 15.1 Å². The van der Waals surface area contributed by atoms with E-state index in [-0.39, 0.29) is 36.1 Å². The standard InChI is InChI=1S/C28H23F3N4O2S/c1-34-28-25(26(33-34)18-5-3-2-4-6-18)27(21-12-11-20(30)13-22(21)31)38-16-24(37)35(28)15-23(36)32-14-17-7-9-19(29)10-8-17/h2-13,27H,14-16H2,1H3,(H,32,36)/t27-/m0/s1. The highest BCUT2D eigenvalue weighted by atomic mass is 32.2. The average molecular weight is 537 g/mol. The fourth-order valence-electron chi connectivity index (χ4n) is 4.46. The minimum Gasteiger partial charge on any atom is -0.350 e. The number of nitrogens with one attached hydrogen (secondary N) is 1. The van der Waals surface area contributed by atoms with Gasteiger partial charge in [0.2, 0.25) is 11.8 Å². The number of benzene rings is 3. The molecule has 6 nitrogen and oxygen atoms in total. The molecule has 2 amide bonds.